The third-order valence-corrected chi connectivity index (χ3v) is 8.64. The fourth-order valence-corrected chi connectivity index (χ4v) is 6.25. The predicted octanol–water partition coefficient (Wildman–Crippen LogP) is 3.86. The van der Waals surface area contributed by atoms with Gasteiger partial charge in [0.15, 0.2) is 0 Å². The SMILES string of the molecule is CCC(CC)[C@@H]1C(=O)N[C@H](C2Cc3ccccc3C2)C(=O)N1Cc1ccccc1CO.NCc1ccccc1CO. The molecule has 2 atom stereocenters. The monoisotopic (exact) mass is 557 g/mol. The zero-order chi connectivity index (χ0) is 29.4. The number of nitrogens with one attached hydrogen (secondary N) is 1. The lowest BCUT2D eigenvalue weighted by Crippen LogP contribution is -2.66. The number of hydrogen-bond acceptors (Lipinski definition) is 5. The van der Waals surface area contributed by atoms with Gasteiger partial charge >= 0.3 is 0 Å². The Morgan fingerprint density at radius 2 is 1.29 bits per heavy atom. The minimum absolute atomic E-state index is 0.00190. The van der Waals surface area contributed by atoms with Gasteiger partial charge in [-0.2, -0.15) is 0 Å². The molecule has 5 rings (SSSR count). The molecule has 3 aromatic carbocycles. The predicted molar refractivity (Wildman–Crippen MR) is 160 cm³/mol. The van der Waals surface area contributed by atoms with Crippen molar-refractivity contribution in [2.24, 2.45) is 17.6 Å². The van der Waals surface area contributed by atoms with Crippen molar-refractivity contribution in [2.45, 2.75) is 77.9 Å². The van der Waals surface area contributed by atoms with Crippen LogP contribution in [-0.4, -0.2) is 39.0 Å². The van der Waals surface area contributed by atoms with Crippen LogP contribution in [0.15, 0.2) is 72.8 Å². The van der Waals surface area contributed by atoms with E-state index in [1.54, 1.807) is 4.90 Å². The standard InChI is InChI=1S/C26H32N2O3.C8H11NO/c1-3-17(4-2)24-25(30)27-23(22-13-18-9-5-6-10-19(18)14-22)26(31)28(24)15-20-11-7-8-12-21(20)16-29;9-5-7-3-1-2-4-8(7)6-10/h5-12,17,22-24,29H,3-4,13-16H2,1-2H3,(H,27,30);1-4,10H,5-6,9H2/t23-,24-;/m1./s1. The van der Waals surface area contributed by atoms with Gasteiger partial charge in [0, 0.05) is 13.1 Å². The number of amides is 2. The molecule has 7 nitrogen and oxygen atoms in total. The Balaban J connectivity index is 0.000000328. The first kappa shape index (κ1) is 30.4. The van der Waals surface area contributed by atoms with Gasteiger partial charge in [-0.25, -0.2) is 0 Å². The number of nitrogens with two attached hydrogens (primary N) is 1. The summed E-state index contributed by atoms with van der Waals surface area (Å²) < 4.78 is 0. The number of piperazine rings is 1. The summed E-state index contributed by atoms with van der Waals surface area (Å²) in [7, 11) is 0. The Labute approximate surface area is 243 Å². The quantitative estimate of drug-likeness (QED) is 0.319. The van der Waals surface area contributed by atoms with E-state index in [1.165, 1.54) is 11.1 Å². The second kappa shape index (κ2) is 14.4. The van der Waals surface area contributed by atoms with Gasteiger partial charge in [0.25, 0.3) is 0 Å². The Morgan fingerprint density at radius 3 is 1.78 bits per heavy atom. The van der Waals surface area contributed by atoms with E-state index in [4.69, 9.17) is 10.8 Å². The first-order valence-electron chi connectivity index (χ1n) is 14.7. The first-order chi connectivity index (χ1) is 19.9. The second-order valence-corrected chi connectivity index (χ2v) is 11.0. The number of aliphatic hydroxyl groups excluding tert-OH is 2. The van der Waals surface area contributed by atoms with E-state index < -0.39 is 12.1 Å². The van der Waals surface area contributed by atoms with Crippen molar-refractivity contribution in [3.8, 4) is 0 Å². The van der Waals surface area contributed by atoms with E-state index in [0.717, 1.165) is 47.9 Å². The number of fused-ring (bicyclic) bond motifs is 1. The Hall–Kier alpha value is -3.52. The summed E-state index contributed by atoms with van der Waals surface area (Å²) in [6, 6.07) is 22.5. The maximum Gasteiger partial charge on any atom is 0.246 e. The van der Waals surface area contributed by atoms with Crippen LogP contribution in [0.1, 0.15) is 60.1 Å². The van der Waals surface area contributed by atoms with E-state index in [-0.39, 0.29) is 36.9 Å². The van der Waals surface area contributed by atoms with Gasteiger partial charge in [0.1, 0.15) is 12.1 Å². The second-order valence-electron chi connectivity index (χ2n) is 11.0. The number of nitrogens with zero attached hydrogens (tertiary/aromatic N) is 1. The molecule has 2 amide bonds. The topological polar surface area (TPSA) is 116 Å². The van der Waals surface area contributed by atoms with E-state index >= 15 is 0 Å². The Morgan fingerprint density at radius 1 is 0.805 bits per heavy atom. The lowest BCUT2D eigenvalue weighted by atomic mass is 9.85. The molecule has 1 heterocycles. The zero-order valence-electron chi connectivity index (χ0n) is 24.1. The van der Waals surface area contributed by atoms with Gasteiger partial charge in [0.2, 0.25) is 11.8 Å². The average molecular weight is 558 g/mol. The van der Waals surface area contributed by atoms with Crippen molar-refractivity contribution in [3.05, 3.63) is 106 Å². The Kier molecular flexibility index (Phi) is 10.7. The summed E-state index contributed by atoms with van der Waals surface area (Å²) in [5.74, 6) is 0.136. The maximum atomic E-state index is 13.8. The number of benzene rings is 3. The van der Waals surface area contributed by atoms with Crippen LogP contribution in [0.2, 0.25) is 0 Å². The van der Waals surface area contributed by atoms with Crippen molar-refractivity contribution in [1.29, 1.82) is 0 Å². The van der Waals surface area contributed by atoms with Crippen LogP contribution in [0.4, 0.5) is 0 Å². The summed E-state index contributed by atoms with van der Waals surface area (Å²) in [6.45, 7) is 4.99. The molecule has 1 aliphatic heterocycles. The molecule has 7 heteroatoms. The minimum atomic E-state index is -0.508. The molecule has 2 aliphatic rings. The molecule has 5 N–H and O–H groups in total. The maximum absolute atomic E-state index is 13.8. The summed E-state index contributed by atoms with van der Waals surface area (Å²) in [4.78, 5) is 28.9. The first-order valence-corrected chi connectivity index (χ1v) is 14.7. The molecule has 3 aromatic rings. The van der Waals surface area contributed by atoms with Crippen LogP contribution in [0.25, 0.3) is 0 Å². The lowest BCUT2D eigenvalue weighted by molar-refractivity contribution is -0.154. The van der Waals surface area contributed by atoms with Crippen LogP contribution in [-0.2, 0) is 48.7 Å². The zero-order valence-corrected chi connectivity index (χ0v) is 24.1. The third-order valence-electron chi connectivity index (χ3n) is 8.64. The number of aliphatic hydroxyl groups is 2. The summed E-state index contributed by atoms with van der Waals surface area (Å²) in [6.07, 6.45) is 3.28. The molecular weight excluding hydrogens is 514 g/mol. The van der Waals surface area contributed by atoms with E-state index in [9.17, 15) is 14.7 Å². The van der Waals surface area contributed by atoms with Crippen LogP contribution in [0.5, 0.6) is 0 Å². The molecule has 0 spiro atoms. The molecule has 0 unspecified atom stereocenters. The van der Waals surface area contributed by atoms with Crippen LogP contribution >= 0.6 is 0 Å². The van der Waals surface area contributed by atoms with Crippen molar-refractivity contribution >= 4 is 11.8 Å². The molecule has 0 radical (unpaired) electrons. The Bertz CT molecular complexity index is 1270. The fraction of sp³-hybridized carbons (Fsp3) is 0.412. The molecular formula is C34H43N3O4. The van der Waals surface area contributed by atoms with Crippen LogP contribution < -0.4 is 11.1 Å². The highest BCUT2D eigenvalue weighted by Crippen LogP contribution is 2.33. The van der Waals surface area contributed by atoms with Crippen molar-refractivity contribution in [3.63, 3.8) is 0 Å². The molecule has 218 valence electrons. The van der Waals surface area contributed by atoms with Crippen molar-refractivity contribution < 1.29 is 19.8 Å². The number of carbonyl (C=O) groups is 2. The largest absolute Gasteiger partial charge is 0.392 e. The van der Waals surface area contributed by atoms with Crippen LogP contribution in [0.3, 0.4) is 0 Å². The number of carbonyl (C=O) groups excluding carboxylic acids is 2. The summed E-state index contributed by atoms with van der Waals surface area (Å²) in [5, 5.41) is 21.7. The minimum Gasteiger partial charge on any atom is -0.392 e. The highest BCUT2D eigenvalue weighted by atomic mass is 16.3. The fourth-order valence-electron chi connectivity index (χ4n) is 6.25. The summed E-state index contributed by atoms with van der Waals surface area (Å²) in [5.41, 5.74) is 11.6. The van der Waals surface area contributed by atoms with Crippen molar-refractivity contribution in [2.75, 3.05) is 0 Å². The van der Waals surface area contributed by atoms with Crippen molar-refractivity contribution in [1.82, 2.24) is 10.2 Å². The highest BCUT2D eigenvalue weighted by Gasteiger charge is 2.47. The van der Waals surface area contributed by atoms with Gasteiger partial charge in [-0.05, 0) is 58.1 Å². The van der Waals surface area contributed by atoms with Crippen LogP contribution in [0, 0.1) is 11.8 Å². The molecule has 1 saturated heterocycles. The molecule has 1 fully saturated rings. The molecule has 41 heavy (non-hydrogen) atoms. The van der Waals surface area contributed by atoms with Gasteiger partial charge in [-0.1, -0.05) is 99.5 Å². The van der Waals surface area contributed by atoms with E-state index in [0.29, 0.717) is 13.1 Å². The van der Waals surface area contributed by atoms with Gasteiger partial charge in [-0.3, -0.25) is 9.59 Å². The normalized spacial score (nSPS) is 18.6. The van der Waals surface area contributed by atoms with E-state index in [2.05, 4.69) is 31.3 Å². The van der Waals surface area contributed by atoms with Gasteiger partial charge < -0.3 is 26.2 Å². The number of hydrogen-bond donors (Lipinski definition) is 4. The van der Waals surface area contributed by atoms with Gasteiger partial charge in [-0.15, -0.1) is 0 Å². The lowest BCUT2D eigenvalue weighted by Gasteiger charge is -2.44. The average Bonchev–Trinajstić information content (AvgIpc) is 3.45. The molecule has 0 aromatic heterocycles. The molecule has 0 saturated carbocycles. The molecule has 0 bridgehead atoms. The number of rotatable bonds is 9. The molecule has 1 aliphatic carbocycles. The highest BCUT2D eigenvalue weighted by molar-refractivity contribution is 5.97. The summed E-state index contributed by atoms with van der Waals surface area (Å²) >= 11 is 0. The van der Waals surface area contributed by atoms with E-state index in [1.807, 2.05) is 60.7 Å². The van der Waals surface area contributed by atoms with Gasteiger partial charge in [0.05, 0.1) is 13.2 Å². The smallest absolute Gasteiger partial charge is 0.246 e. The third kappa shape index (κ3) is 6.87.